The van der Waals surface area contributed by atoms with Crippen LogP contribution >= 0.6 is 0 Å². The van der Waals surface area contributed by atoms with E-state index in [4.69, 9.17) is 4.74 Å². The second kappa shape index (κ2) is 5.99. The number of alkyl halides is 3. The summed E-state index contributed by atoms with van der Waals surface area (Å²) >= 11 is 0. The highest BCUT2D eigenvalue weighted by atomic mass is 19.4. The number of amides is 1. The molecule has 3 rings (SSSR count). The van der Waals surface area contributed by atoms with Crippen LogP contribution in [0, 0.1) is 0 Å². The van der Waals surface area contributed by atoms with Gasteiger partial charge in [-0.1, -0.05) is 12.1 Å². The first kappa shape index (κ1) is 15.5. The molecule has 9 heteroatoms. The summed E-state index contributed by atoms with van der Waals surface area (Å²) in [5.74, 6) is -0.293. The summed E-state index contributed by atoms with van der Waals surface area (Å²) in [5, 5.41) is 9.69. The molecule has 0 aliphatic carbocycles. The molecule has 1 amide bonds. The van der Waals surface area contributed by atoms with Crippen LogP contribution in [-0.4, -0.2) is 45.9 Å². The first-order valence-corrected chi connectivity index (χ1v) is 6.89. The molecule has 6 nitrogen and oxygen atoms in total. The topological polar surface area (TPSA) is 71.1 Å². The predicted molar refractivity (Wildman–Crippen MR) is 72.4 cm³/mol. The second-order valence-electron chi connectivity index (χ2n) is 5.09. The van der Waals surface area contributed by atoms with Crippen molar-refractivity contribution in [2.45, 2.75) is 12.3 Å². The van der Waals surface area contributed by atoms with E-state index in [1.165, 1.54) is 18.3 Å². The van der Waals surface area contributed by atoms with E-state index in [0.717, 1.165) is 12.1 Å². The Hall–Kier alpha value is -2.42. The molecular formula is C14H13F3N4O2. The van der Waals surface area contributed by atoms with E-state index in [-0.39, 0.29) is 18.1 Å². The van der Waals surface area contributed by atoms with Crippen molar-refractivity contribution in [3.63, 3.8) is 0 Å². The molecule has 0 saturated carbocycles. The summed E-state index contributed by atoms with van der Waals surface area (Å²) in [6, 6.07) is 4.77. The maximum atomic E-state index is 12.6. The maximum absolute atomic E-state index is 12.6. The van der Waals surface area contributed by atoms with Crippen molar-refractivity contribution in [3.05, 3.63) is 47.3 Å². The fraction of sp³-hybridized carbons (Fsp3) is 0.357. The van der Waals surface area contributed by atoms with Crippen LogP contribution in [-0.2, 0) is 10.9 Å². The number of nitrogens with one attached hydrogen (secondary N) is 1. The van der Waals surface area contributed by atoms with Crippen LogP contribution in [0.1, 0.15) is 27.7 Å². The summed E-state index contributed by atoms with van der Waals surface area (Å²) in [7, 11) is 0. The zero-order chi connectivity index (χ0) is 16.4. The first-order chi connectivity index (χ1) is 10.9. The van der Waals surface area contributed by atoms with Crippen LogP contribution in [0.5, 0.6) is 0 Å². The molecule has 1 N–H and O–H groups in total. The van der Waals surface area contributed by atoms with E-state index in [0.29, 0.717) is 18.7 Å². The summed E-state index contributed by atoms with van der Waals surface area (Å²) in [4.78, 5) is 13.8. The Balaban J connectivity index is 1.72. The third-order valence-corrected chi connectivity index (χ3v) is 3.60. The van der Waals surface area contributed by atoms with Crippen molar-refractivity contribution in [2.24, 2.45) is 0 Å². The van der Waals surface area contributed by atoms with Crippen molar-refractivity contribution in [2.75, 3.05) is 19.7 Å². The number of aromatic amines is 1. The monoisotopic (exact) mass is 326 g/mol. The normalized spacial score (nSPS) is 18.9. The lowest BCUT2D eigenvalue weighted by molar-refractivity contribution is -0.137. The first-order valence-electron chi connectivity index (χ1n) is 6.89. The van der Waals surface area contributed by atoms with Crippen molar-refractivity contribution < 1.29 is 22.7 Å². The van der Waals surface area contributed by atoms with E-state index in [9.17, 15) is 18.0 Å². The molecule has 122 valence electrons. The number of ether oxygens (including phenoxy) is 1. The fourth-order valence-corrected chi connectivity index (χ4v) is 2.39. The predicted octanol–water partition coefficient (Wildman–Crippen LogP) is 2.04. The number of morpholine rings is 1. The smallest absolute Gasteiger partial charge is 0.370 e. The molecule has 0 radical (unpaired) electrons. The van der Waals surface area contributed by atoms with Crippen molar-refractivity contribution in [3.8, 4) is 0 Å². The molecule has 2 aromatic rings. The van der Waals surface area contributed by atoms with Gasteiger partial charge in [-0.25, -0.2) is 0 Å². The molecule has 1 aromatic carbocycles. The minimum atomic E-state index is -4.37. The number of H-pyrrole nitrogens is 1. The van der Waals surface area contributed by atoms with Crippen LogP contribution in [0.3, 0.4) is 0 Å². The van der Waals surface area contributed by atoms with Gasteiger partial charge < -0.3 is 9.64 Å². The molecule has 1 fully saturated rings. The van der Waals surface area contributed by atoms with Gasteiger partial charge in [0.1, 0.15) is 6.10 Å². The van der Waals surface area contributed by atoms with Crippen LogP contribution in [0.2, 0.25) is 0 Å². The molecule has 1 aliphatic rings. The van der Waals surface area contributed by atoms with Crippen molar-refractivity contribution >= 4 is 5.91 Å². The lowest BCUT2D eigenvalue weighted by Gasteiger charge is -2.32. The van der Waals surface area contributed by atoms with Gasteiger partial charge in [0.05, 0.1) is 24.9 Å². The number of rotatable bonds is 2. The average molecular weight is 326 g/mol. The van der Waals surface area contributed by atoms with E-state index in [1.54, 1.807) is 4.90 Å². The highest BCUT2D eigenvalue weighted by Gasteiger charge is 2.31. The molecule has 23 heavy (non-hydrogen) atoms. The van der Waals surface area contributed by atoms with E-state index >= 15 is 0 Å². The van der Waals surface area contributed by atoms with Crippen LogP contribution in [0.25, 0.3) is 0 Å². The molecule has 0 spiro atoms. The van der Waals surface area contributed by atoms with Gasteiger partial charge in [-0.15, -0.1) is 0 Å². The van der Waals surface area contributed by atoms with E-state index < -0.39 is 17.8 Å². The molecule has 0 bridgehead atoms. The Morgan fingerprint density at radius 3 is 2.65 bits per heavy atom. The van der Waals surface area contributed by atoms with Crippen LogP contribution in [0.15, 0.2) is 30.5 Å². The van der Waals surface area contributed by atoms with E-state index in [1.807, 2.05) is 0 Å². The van der Waals surface area contributed by atoms with Gasteiger partial charge in [0, 0.05) is 6.54 Å². The van der Waals surface area contributed by atoms with Gasteiger partial charge in [0.25, 0.3) is 5.91 Å². The fourth-order valence-electron chi connectivity index (χ4n) is 2.39. The van der Waals surface area contributed by atoms with Crippen LogP contribution < -0.4 is 0 Å². The van der Waals surface area contributed by atoms with E-state index in [2.05, 4.69) is 15.4 Å². The Morgan fingerprint density at radius 1 is 1.30 bits per heavy atom. The zero-order valence-corrected chi connectivity index (χ0v) is 11.9. The number of hydrogen-bond acceptors (Lipinski definition) is 4. The summed E-state index contributed by atoms with van der Waals surface area (Å²) < 4.78 is 43.3. The number of aromatic nitrogens is 3. The molecule has 1 atom stereocenters. The minimum absolute atomic E-state index is 0.193. The quantitative estimate of drug-likeness (QED) is 0.917. The largest absolute Gasteiger partial charge is 0.416 e. The van der Waals surface area contributed by atoms with Crippen molar-refractivity contribution in [1.29, 1.82) is 0 Å². The lowest BCUT2D eigenvalue weighted by atomic mass is 10.0. The zero-order valence-electron chi connectivity index (χ0n) is 11.9. The Morgan fingerprint density at radius 2 is 2.04 bits per heavy atom. The standard InChI is InChI=1S/C14H13F3N4O2/c15-14(16,17)10-3-1-9(2-4-10)12-8-21(5-6-23-12)13(22)11-7-18-20-19-11/h1-4,7,12H,5-6,8H2,(H,18,19,20). The number of benzene rings is 1. The highest BCUT2D eigenvalue weighted by molar-refractivity contribution is 5.91. The van der Waals surface area contributed by atoms with Gasteiger partial charge in [0.15, 0.2) is 5.69 Å². The number of carbonyl (C=O) groups excluding carboxylic acids is 1. The Kier molecular flexibility index (Phi) is 4.03. The van der Waals surface area contributed by atoms with Crippen LogP contribution in [0.4, 0.5) is 13.2 Å². The molecular weight excluding hydrogens is 313 g/mol. The van der Waals surface area contributed by atoms with Gasteiger partial charge >= 0.3 is 6.18 Å². The third-order valence-electron chi connectivity index (χ3n) is 3.60. The lowest BCUT2D eigenvalue weighted by Crippen LogP contribution is -2.42. The van der Waals surface area contributed by atoms with Gasteiger partial charge in [0.2, 0.25) is 0 Å². The van der Waals surface area contributed by atoms with Crippen molar-refractivity contribution in [1.82, 2.24) is 20.3 Å². The molecule has 1 unspecified atom stereocenters. The molecule has 2 heterocycles. The van der Waals surface area contributed by atoms with Gasteiger partial charge in [-0.2, -0.15) is 28.6 Å². The third kappa shape index (κ3) is 3.34. The number of nitrogens with zero attached hydrogens (tertiary/aromatic N) is 3. The SMILES string of the molecule is O=C(c1cn[nH]n1)N1CCOC(c2ccc(C(F)(F)F)cc2)C1. The average Bonchev–Trinajstić information content (AvgIpc) is 3.08. The highest BCUT2D eigenvalue weighted by Crippen LogP contribution is 2.31. The molecule has 1 saturated heterocycles. The maximum Gasteiger partial charge on any atom is 0.416 e. The summed E-state index contributed by atoms with van der Waals surface area (Å²) in [5.41, 5.74) is 0.0707. The van der Waals surface area contributed by atoms with Gasteiger partial charge in [-0.3, -0.25) is 4.79 Å². The number of hydrogen-bond donors (Lipinski definition) is 1. The Labute approximate surface area is 129 Å². The molecule has 1 aromatic heterocycles. The molecule has 1 aliphatic heterocycles. The second-order valence-corrected chi connectivity index (χ2v) is 5.09. The summed E-state index contributed by atoms with van der Waals surface area (Å²) in [6.45, 7) is 0.940. The van der Waals surface area contributed by atoms with Gasteiger partial charge in [-0.05, 0) is 17.7 Å². The number of carbonyl (C=O) groups is 1. The minimum Gasteiger partial charge on any atom is -0.370 e. The number of halogens is 3. The summed E-state index contributed by atoms with van der Waals surface area (Å²) in [6.07, 6.45) is -3.52. The Bertz CT molecular complexity index is 670.